The molecule has 2 unspecified atom stereocenters. The van der Waals surface area contributed by atoms with E-state index >= 15 is 0 Å². The van der Waals surface area contributed by atoms with Crippen LogP contribution in [0.15, 0.2) is 83.7 Å². The smallest absolute Gasteiger partial charge is 0.426 e. The van der Waals surface area contributed by atoms with Gasteiger partial charge in [-0.1, -0.05) is 61.3 Å². The van der Waals surface area contributed by atoms with Gasteiger partial charge in [0.1, 0.15) is 0 Å². The molecule has 2 aliphatic heterocycles. The average Bonchev–Trinajstić information content (AvgIpc) is 3.12. The SMILES string of the molecule is Cc1ccc(N(C2=CC=C(B3CC(C)(C)C(C)(C)O3)CC=C2)C2=CCC(B3OC(C)C(C)(C)O3)C=C2)cc1. The number of nitrogens with zero attached hydrogens (tertiary/aromatic N) is 1. The molecule has 4 aliphatic rings. The van der Waals surface area contributed by atoms with Crippen molar-refractivity contribution in [3.05, 3.63) is 89.2 Å². The lowest BCUT2D eigenvalue weighted by Gasteiger charge is -2.34. The molecule has 2 aliphatic carbocycles. The van der Waals surface area contributed by atoms with Crippen molar-refractivity contribution in [1.29, 1.82) is 0 Å². The first kappa shape index (κ1) is 27.3. The largest absolute Gasteiger partial charge is 0.465 e. The maximum Gasteiger partial charge on any atom is 0.465 e. The second kappa shape index (κ2) is 10.0. The third-order valence-corrected chi connectivity index (χ3v) is 9.29. The maximum atomic E-state index is 6.56. The summed E-state index contributed by atoms with van der Waals surface area (Å²) < 4.78 is 19.0. The van der Waals surface area contributed by atoms with Crippen molar-refractivity contribution in [1.82, 2.24) is 0 Å². The van der Waals surface area contributed by atoms with Crippen LogP contribution in [0.25, 0.3) is 0 Å². The molecular weight excluding hydrogens is 468 g/mol. The minimum Gasteiger partial charge on any atom is -0.426 e. The minimum absolute atomic E-state index is 0.0811. The van der Waals surface area contributed by atoms with Crippen LogP contribution in [0.3, 0.4) is 0 Å². The molecule has 2 saturated heterocycles. The Morgan fingerprint density at radius 3 is 2.24 bits per heavy atom. The van der Waals surface area contributed by atoms with Crippen molar-refractivity contribution in [3.8, 4) is 0 Å². The van der Waals surface area contributed by atoms with Crippen LogP contribution in [0.1, 0.15) is 66.9 Å². The molecule has 0 radical (unpaired) electrons. The van der Waals surface area contributed by atoms with Gasteiger partial charge in [-0.2, -0.15) is 0 Å². The first-order valence-electron chi connectivity index (χ1n) is 14.2. The Kier molecular flexibility index (Phi) is 7.21. The number of aryl methyl sites for hydroxylation is 1. The first-order chi connectivity index (χ1) is 17.9. The van der Waals surface area contributed by atoms with Crippen molar-refractivity contribution in [3.63, 3.8) is 0 Å². The number of rotatable bonds is 5. The van der Waals surface area contributed by atoms with Gasteiger partial charge in [0.2, 0.25) is 0 Å². The van der Waals surface area contributed by atoms with E-state index in [1.165, 1.54) is 16.7 Å². The predicted octanol–water partition coefficient (Wildman–Crippen LogP) is 7.85. The summed E-state index contributed by atoms with van der Waals surface area (Å²) in [4.78, 5) is 2.36. The highest BCUT2D eigenvalue weighted by atomic mass is 16.7. The Balaban J connectivity index is 1.41. The third-order valence-electron chi connectivity index (χ3n) is 9.29. The van der Waals surface area contributed by atoms with Crippen LogP contribution in [0, 0.1) is 12.3 Å². The second-order valence-corrected chi connectivity index (χ2v) is 13.1. The van der Waals surface area contributed by atoms with Gasteiger partial charge in [-0.3, -0.25) is 0 Å². The fraction of sp³-hybridized carbons (Fsp3) is 0.500. The molecule has 1 aromatic carbocycles. The predicted molar refractivity (Wildman–Crippen MR) is 160 cm³/mol. The Hall–Kier alpha value is -2.27. The molecule has 0 spiro atoms. The summed E-state index contributed by atoms with van der Waals surface area (Å²) in [7, 11) is -0.204. The first-order valence-corrected chi connectivity index (χ1v) is 14.2. The topological polar surface area (TPSA) is 30.9 Å². The number of anilines is 1. The molecule has 200 valence electrons. The Labute approximate surface area is 230 Å². The van der Waals surface area contributed by atoms with Gasteiger partial charge in [-0.25, -0.2) is 0 Å². The molecule has 0 bridgehead atoms. The third kappa shape index (κ3) is 5.28. The summed E-state index contributed by atoms with van der Waals surface area (Å²) in [6.45, 7) is 17.7. The summed E-state index contributed by atoms with van der Waals surface area (Å²) in [5.74, 6) is 0.208. The van der Waals surface area contributed by atoms with Crippen LogP contribution in [0.2, 0.25) is 12.1 Å². The van der Waals surface area contributed by atoms with E-state index in [0.29, 0.717) is 0 Å². The summed E-state index contributed by atoms with van der Waals surface area (Å²) in [6.07, 6.45) is 18.8. The molecule has 2 heterocycles. The highest BCUT2D eigenvalue weighted by Gasteiger charge is 2.50. The molecule has 38 heavy (non-hydrogen) atoms. The fourth-order valence-electron chi connectivity index (χ4n) is 5.60. The van der Waals surface area contributed by atoms with E-state index in [0.717, 1.165) is 30.5 Å². The zero-order valence-corrected chi connectivity index (χ0v) is 24.5. The number of allylic oxidation sites excluding steroid dienone is 8. The van der Waals surface area contributed by atoms with Crippen LogP contribution in [0.4, 0.5) is 5.69 Å². The summed E-state index contributed by atoms with van der Waals surface area (Å²) in [6, 6.07) is 8.78. The number of hydrogen-bond acceptors (Lipinski definition) is 4. The molecule has 4 nitrogen and oxygen atoms in total. The monoisotopic (exact) mass is 511 g/mol. The van der Waals surface area contributed by atoms with Gasteiger partial charge in [0.05, 0.1) is 17.3 Å². The molecule has 0 saturated carbocycles. The van der Waals surface area contributed by atoms with E-state index in [2.05, 4.69) is 127 Å². The van der Waals surface area contributed by atoms with Gasteiger partial charge in [-0.05, 0) is 96.5 Å². The Bertz CT molecular complexity index is 1190. The number of hydrogen-bond donors (Lipinski definition) is 0. The summed E-state index contributed by atoms with van der Waals surface area (Å²) in [5.41, 5.74) is 5.82. The highest BCUT2D eigenvalue weighted by Crippen LogP contribution is 2.47. The quantitative estimate of drug-likeness (QED) is 0.377. The lowest BCUT2D eigenvalue weighted by atomic mass is 9.53. The molecule has 0 aromatic heterocycles. The van der Waals surface area contributed by atoms with E-state index in [4.69, 9.17) is 14.0 Å². The van der Waals surface area contributed by atoms with Gasteiger partial charge in [0.25, 0.3) is 0 Å². The van der Waals surface area contributed by atoms with Gasteiger partial charge in [-0.15, -0.1) is 0 Å². The average molecular weight is 511 g/mol. The van der Waals surface area contributed by atoms with Gasteiger partial charge >= 0.3 is 14.0 Å². The van der Waals surface area contributed by atoms with E-state index in [-0.39, 0.29) is 42.6 Å². The van der Waals surface area contributed by atoms with E-state index < -0.39 is 0 Å². The molecule has 0 amide bonds. The van der Waals surface area contributed by atoms with Gasteiger partial charge < -0.3 is 18.9 Å². The fourth-order valence-corrected chi connectivity index (χ4v) is 5.60. The van der Waals surface area contributed by atoms with Crippen molar-refractivity contribution in [2.75, 3.05) is 4.90 Å². The zero-order chi connectivity index (χ0) is 27.3. The second-order valence-electron chi connectivity index (χ2n) is 13.1. The molecule has 2 fully saturated rings. The van der Waals surface area contributed by atoms with Crippen LogP contribution in [-0.2, 0) is 14.0 Å². The van der Waals surface area contributed by atoms with Crippen LogP contribution >= 0.6 is 0 Å². The maximum absolute atomic E-state index is 6.56. The molecule has 0 N–H and O–H groups in total. The Morgan fingerprint density at radius 1 is 0.921 bits per heavy atom. The molecule has 2 atom stereocenters. The van der Waals surface area contributed by atoms with E-state index in [1.807, 2.05) is 0 Å². The van der Waals surface area contributed by atoms with Crippen molar-refractivity contribution < 1.29 is 14.0 Å². The Morgan fingerprint density at radius 2 is 1.66 bits per heavy atom. The minimum atomic E-state index is -0.260. The molecule has 6 heteroatoms. The van der Waals surface area contributed by atoms with E-state index in [9.17, 15) is 0 Å². The van der Waals surface area contributed by atoms with Crippen molar-refractivity contribution in [2.24, 2.45) is 5.41 Å². The van der Waals surface area contributed by atoms with E-state index in [1.54, 1.807) is 0 Å². The van der Waals surface area contributed by atoms with Gasteiger partial charge in [0, 0.05) is 22.9 Å². The lowest BCUT2D eigenvalue weighted by molar-refractivity contribution is 0.0370. The summed E-state index contributed by atoms with van der Waals surface area (Å²) in [5, 5.41) is 0. The van der Waals surface area contributed by atoms with Crippen LogP contribution in [0.5, 0.6) is 0 Å². The highest BCUT2D eigenvalue weighted by molar-refractivity contribution is 6.61. The molecular formula is C32H43B2NO3. The lowest BCUT2D eigenvalue weighted by Crippen LogP contribution is -2.34. The van der Waals surface area contributed by atoms with Crippen LogP contribution in [-0.4, -0.2) is 31.3 Å². The van der Waals surface area contributed by atoms with Crippen molar-refractivity contribution >= 4 is 19.7 Å². The van der Waals surface area contributed by atoms with Gasteiger partial charge in [0.15, 0.2) is 0 Å². The van der Waals surface area contributed by atoms with Crippen LogP contribution < -0.4 is 4.90 Å². The molecule has 1 aromatic rings. The summed E-state index contributed by atoms with van der Waals surface area (Å²) >= 11 is 0. The standard InChI is InChI=1S/C32H43B2NO3/c1-23-12-17-28(18-13-23)35(29-20-15-26(16-21-29)34-36-24(2)31(5,6)37-34)27-11-9-10-25(14-19-27)33-22-30(3,4)32(7,8)38-33/h9,11-15,17-21,24,26H,10,16,22H2,1-8H3. The molecule has 5 rings (SSSR count). The zero-order valence-electron chi connectivity index (χ0n) is 24.5. The number of benzene rings is 1. The normalized spacial score (nSPS) is 27.6. The van der Waals surface area contributed by atoms with Crippen molar-refractivity contribution in [2.45, 2.75) is 97.7 Å².